The number of aromatic carboxylic acids is 1. The standard InChI is InChI=1S/C16H22N4O2/c1-10(2)19-6-3-11(4-7-19)15-18-14(16(21)22)13-9-12(17)5-8-20(13)15/h5,8-11H,3-4,6-7,17H2,1-2H3,(H,21,22). The molecule has 0 aliphatic carbocycles. The van der Waals surface area contributed by atoms with Crippen LogP contribution in [0, 0.1) is 0 Å². The molecule has 3 rings (SSSR count). The second-order valence-electron chi connectivity index (χ2n) is 6.24. The van der Waals surface area contributed by atoms with E-state index in [-0.39, 0.29) is 5.69 Å². The topological polar surface area (TPSA) is 83.9 Å². The van der Waals surface area contributed by atoms with Gasteiger partial charge in [0.05, 0.1) is 5.52 Å². The number of carboxylic acids is 1. The Morgan fingerprint density at radius 3 is 2.68 bits per heavy atom. The van der Waals surface area contributed by atoms with Crippen molar-refractivity contribution in [3.05, 3.63) is 29.8 Å². The summed E-state index contributed by atoms with van der Waals surface area (Å²) in [4.78, 5) is 18.3. The third kappa shape index (κ3) is 2.54. The average Bonchev–Trinajstić information content (AvgIpc) is 2.86. The summed E-state index contributed by atoms with van der Waals surface area (Å²) in [6, 6.07) is 4.02. The van der Waals surface area contributed by atoms with Crippen molar-refractivity contribution in [2.24, 2.45) is 0 Å². The van der Waals surface area contributed by atoms with Crippen molar-refractivity contribution < 1.29 is 9.90 Å². The molecule has 0 amide bonds. The molecule has 0 unspecified atom stereocenters. The number of rotatable bonds is 3. The van der Waals surface area contributed by atoms with E-state index >= 15 is 0 Å². The van der Waals surface area contributed by atoms with Crippen LogP contribution in [0.4, 0.5) is 5.69 Å². The molecule has 1 fully saturated rings. The van der Waals surface area contributed by atoms with Crippen LogP contribution in [0.3, 0.4) is 0 Å². The summed E-state index contributed by atoms with van der Waals surface area (Å²) in [5.41, 5.74) is 7.01. The largest absolute Gasteiger partial charge is 0.476 e. The third-order valence-electron chi connectivity index (χ3n) is 4.52. The summed E-state index contributed by atoms with van der Waals surface area (Å²) < 4.78 is 1.88. The number of carboxylic acid groups (broad SMARTS) is 1. The molecule has 3 N–H and O–H groups in total. The quantitative estimate of drug-likeness (QED) is 0.908. The summed E-state index contributed by atoms with van der Waals surface area (Å²) in [6.07, 6.45) is 3.83. The summed E-state index contributed by atoms with van der Waals surface area (Å²) in [5, 5.41) is 9.38. The van der Waals surface area contributed by atoms with Crippen LogP contribution < -0.4 is 5.73 Å². The number of aromatic nitrogens is 2. The molecule has 1 aliphatic heterocycles. The number of pyridine rings is 1. The number of fused-ring (bicyclic) bond motifs is 1. The fraction of sp³-hybridized carbons (Fsp3) is 0.500. The van der Waals surface area contributed by atoms with Gasteiger partial charge in [0.2, 0.25) is 0 Å². The first-order valence-corrected chi connectivity index (χ1v) is 7.72. The smallest absolute Gasteiger partial charge is 0.356 e. The van der Waals surface area contributed by atoms with Gasteiger partial charge >= 0.3 is 5.97 Å². The maximum atomic E-state index is 11.4. The van der Waals surface area contributed by atoms with E-state index in [0.717, 1.165) is 31.8 Å². The maximum absolute atomic E-state index is 11.4. The number of hydrogen-bond donors (Lipinski definition) is 2. The van der Waals surface area contributed by atoms with Gasteiger partial charge in [0, 0.05) is 23.8 Å². The maximum Gasteiger partial charge on any atom is 0.356 e. The number of imidazole rings is 1. The van der Waals surface area contributed by atoms with Gasteiger partial charge in [-0.05, 0) is 51.9 Å². The summed E-state index contributed by atoms with van der Waals surface area (Å²) in [7, 11) is 0. The number of nitrogens with zero attached hydrogens (tertiary/aromatic N) is 3. The number of nitrogens with two attached hydrogens (primary N) is 1. The van der Waals surface area contributed by atoms with Crippen molar-refractivity contribution in [1.82, 2.24) is 14.3 Å². The molecule has 0 bridgehead atoms. The van der Waals surface area contributed by atoms with Crippen molar-refractivity contribution in [2.75, 3.05) is 18.8 Å². The number of carbonyl (C=O) groups is 1. The molecule has 2 aromatic heterocycles. The van der Waals surface area contributed by atoms with Crippen LogP contribution in [-0.4, -0.2) is 44.5 Å². The van der Waals surface area contributed by atoms with Crippen molar-refractivity contribution in [1.29, 1.82) is 0 Å². The van der Waals surface area contributed by atoms with E-state index in [1.807, 2.05) is 10.6 Å². The molecule has 1 aliphatic rings. The monoisotopic (exact) mass is 302 g/mol. The predicted molar refractivity (Wildman–Crippen MR) is 85.2 cm³/mol. The van der Waals surface area contributed by atoms with E-state index in [9.17, 15) is 9.90 Å². The van der Waals surface area contributed by atoms with Crippen molar-refractivity contribution >= 4 is 17.2 Å². The molecule has 118 valence electrons. The normalized spacial score (nSPS) is 17.4. The zero-order valence-corrected chi connectivity index (χ0v) is 13.0. The molecule has 0 radical (unpaired) electrons. The Kier molecular flexibility index (Phi) is 3.78. The lowest BCUT2D eigenvalue weighted by Crippen LogP contribution is -2.38. The molecule has 0 saturated carbocycles. The molecular formula is C16H22N4O2. The lowest BCUT2D eigenvalue weighted by Gasteiger charge is -2.34. The van der Waals surface area contributed by atoms with Crippen LogP contribution in [0.15, 0.2) is 18.3 Å². The zero-order chi connectivity index (χ0) is 15.9. The third-order valence-corrected chi connectivity index (χ3v) is 4.52. The van der Waals surface area contributed by atoms with Crippen molar-refractivity contribution in [2.45, 2.75) is 38.6 Å². The van der Waals surface area contributed by atoms with Gasteiger partial charge in [0.1, 0.15) is 5.82 Å². The van der Waals surface area contributed by atoms with Gasteiger partial charge in [-0.1, -0.05) is 0 Å². The molecular weight excluding hydrogens is 280 g/mol. The van der Waals surface area contributed by atoms with Gasteiger partial charge < -0.3 is 20.1 Å². The van der Waals surface area contributed by atoms with Gasteiger partial charge in [-0.3, -0.25) is 0 Å². The molecule has 0 atom stereocenters. The highest BCUT2D eigenvalue weighted by molar-refractivity contribution is 5.94. The molecule has 0 aromatic carbocycles. The second kappa shape index (κ2) is 5.61. The minimum Gasteiger partial charge on any atom is -0.476 e. The lowest BCUT2D eigenvalue weighted by molar-refractivity contribution is 0.0693. The molecule has 6 nitrogen and oxygen atoms in total. The molecule has 3 heterocycles. The Labute approximate surface area is 129 Å². The minimum atomic E-state index is -1.01. The van der Waals surface area contributed by atoms with E-state index in [2.05, 4.69) is 23.7 Å². The first-order valence-electron chi connectivity index (χ1n) is 7.72. The van der Waals surface area contributed by atoms with E-state index < -0.39 is 5.97 Å². The second-order valence-corrected chi connectivity index (χ2v) is 6.24. The Hall–Kier alpha value is -2.08. The Morgan fingerprint density at radius 2 is 2.09 bits per heavy atom. The Bertz CT molecular complexity index is 699. The van der Waals surface area contributed by atoms with Crippen LogP contribution >= 0.6 is 0 Å². The first-order chi connectivity index (χ1) is 10.5. The summed E-state index contributed by atoms with van der Waals surface area (Å²) >= 11 is 0. The van der Waals surface area contributed by atoms with Gasteiger partial charge in [-0.25, -0.2) is 9.78 Å². The lowest BCUT2D eigenvalue weighted by atomic mass is 9.95. The van der Waals surface area contributed by atoms with Crippen LogP contribution in [0.5, 0.6) is 0 Å². The fourth-order valence-corrected chi connectivity index (χ4v) is 3.24. The minimum absolute atomic E-state index is 0.0913. The van der Waals surface area contributed by atoms with E-state index in [1.165, 1.54) is 0 Å². The highest BCUT2D eigenvalue weighted by Gasteiger charge is 2.27. The van der Waals surface area contributed by atoms with E-state index in [0.29, 0.717) is 23.2 Å². The average molecular weight is 302 g/mol. The summed E-state index contributed by atoms with van der Waals surface area (Å²) in [6.45, 7) is 6.45. The molecule has 2 aromatic rings. The van der Waals surface area contributed by atoms with Crippen LogP contribution in [-0.2, 0) is 0 Å². The SMILES string of the molecule is CC(C)N1CCC(c2nc(C(=O)O)c3cc(N)ccn23)CC1. The molecule has 22 heavy (non-hydrogen) atoms. The molecule has 6 heteroatoms. The number of hydrogen-bond acceptors (Lipinski definition) is 4. The van der Waals surface area contributed by atoms with E-state index in [1.54, 1.807) is 12.1 Å². The highest BCUT2D eigenvalue weighted by atomic mass is 16.4. The summed E-state index contributed by atoms with van der Waals surface area (Å²) in [5.74, 6) is 0.129. The molecule has 1 saturated heterocycles. The van der Waals surface area contributed by atoms with Crippen LogP contribution in [0.2, 0.25) is 0 Å². The van der Waals surface area contributed by atoms with Crippen molar-refractivity contribution in [3.63, 3.8) is 0 Å². The van der Waals surface area contributed by atoms with Gasteiger partial charge in [-0.15, -0.1) is 0 Å². The Morgan fingerprint density at radius 1 is 1.41 bits per heavy atom. The Balaban J connectivity index is 1.96. The zero-order valence-electron chi connectivity index (χ0n) is 13.0. The van der Waals surface area contributed by atoms with Crippen molar-refractivity contribution in [3.8, 4) is 0 Å². The van der Waals surface area contributed by atoms with Gasteiger partial charge in [0.15, 0.2) is 5.69 Å². The molecule has 0 spiro atoms. The van der Waals surface area contributed by atoms with Crippen LogP contribution in [0.1, 0.15) is 48.9 Å². The van der Waals surface area contributed by atoms with Crippen LogP contribution in [0.25, 0.3) is 5.52 Å². The first kappa shape index (κ1) is 14.8. The number of piperidine rings is 1. The fourth-order valence-electron chi connectivity index (χ4n) is 3.24. The highest BCUT2D eigenvalue weighted by Crippen LogP contribution is 2.30. The predicted octanol–water partition coefficient (Wildman–Crippen LogP) is 2.20. The van der Waals surface area contributed by atoms with Gasteiger partial charge in [0.25, 0.3) is 0 Å². The van der Waals surface area contributed by atoms with Gasteiger partial charge in [-0.2, -0.15) is 0 Å². The number of anilines is 1. The number of likely N-dealkylation sites (tertiary alicyclic amines) is 1. The number of nitrogen functional groups attached to an aromatic ring is 1. The van der Waals surface area contributed by atoms with E-state index in [4.69, 9.17) is 5.73 Å².